The molecule has 1 fully saturated rings. The van der Waals surface area contributed by atoms with Gasteiger partial charge in [-0.1, -0.05) is 52.4 Å². The maximum atomic E-state index is 9.46. The molecule has 0 aliphatic heterocycles. The Morgan fingerprint density at radius 1 is 1.07 bits per heavy atom. The molecule has 0 radical (unpaired) electrons. The molecule has 86 valence electrons. The molecule has 0 N–H and O–H groups in total. The van der Waals surface area contributed by atoms with E-state index < -0.39 is 0 Å². The van der Waals surface area contributed by atoms with Crippen molar-refractivity contribution in [3.05, 3.63) is 0 Å². The number of nitrogens with zero attached hydrogens (tertiary/aromatic N) is 1. The van der Waals surface area contributed by atoms with E-state index in [0.717, 1.165) is 25.2 Å². The smallest absolute Gasteiger partial charge is 0.0689 e. The first-order valence-corrected chi connectivity index (χ1v) is 6.67. The van der Waals surface area contributed by atoms with E-state index in [1.165, 1.54) is 38.5 Å². The zero-order chi connectivity index (χ0) is 11.1. The van der Waals surface area contributed by atoms with Crippen LogP contribution in [0.2, 0.25) is 0 Å². The third-order valence-corrected chi connectivity index (χ3v) is 4.13. The van der Waals surface area contributed by atoms with Crippen molar-refractivity contribution in [3.63, 3.8) is 0 Å². The Labute approximate surface area is 94.9 Å². The number of nitriles is 1. The van der Waals surface area contributed by atoms with Gasteiger partial charge in [0.2, 0.25) is 0 Å². The van der Waals surface area contributed by atoms with Gasteiger partial charge >= 0.3 is 0 Å². The molecule has 1 rings (SSSR count). The minimum absolute atomic E-state index is 0.0349. The minimum Gasteiger partial charge on any atom is -0.198 e. The van der Waals surface area contributed by atoms with Crippen LogP contribution in [0.4, 0.5) is 0 Å². The molecule has 0 atom stereocenters. The number of hydrogen-bond donors (Lipinski definition) is 0. The van der Waals surface area contributed by atoms with Crippen LogP contribution in [-0.2, 0) is 0 Å². The van der Waals surface area contributed by atoms with Crippen LogP contribution in [0.25, 0.3) is 0 Å². The highest BCUT2D eigenvalue weighted by Gasteiger charge is 2.32. The van der Waals surface area contributed by atoms with Gasteiger partial charge in [0.25, 0.3) is 0 Å². The highest BCUT2D eigenvalue weighted by Crippen LogP contribution is 2.41. The molecule has 0 unspecified atom stereocenters. The van der Waals surface area contributed by atoms with Gasteiger partial charge < -0.3 is 0 Å². The largest absolute Gasteiger partial charge is 0.198 e. The maximum absolute atomic E-state index is 9.46. The van der Waals surface area contributed by atoms with Crippen molar-refractivity contribution in [2.24, 2.45) is 11.3 Å². The van der Waals surface area contributed by atoms with Gasteiger partial charge in [-0.15, -0.1) is 0 Å². The standard InChI is InChI=1S/C14H25N/c1-3-13(4-2)11-14(12-15)9-7-5-6-8-10-14/h13H,3-11H2,1-2H3. The Hall–Kier alpha value is -0.510. The molecule has 1 aliphatic rings. The normalized spacial score (nSPS) is 20.9. The molecule has 0 aromatic carbocycles. The lowest BCUT2D eigenvalue weighted by atomic mass is 9.73. The summed E-state index contributed by atoms with van der Waals surface area (Å²) >= 11 is 0. The van der Waals surface area contributed by atoms with Crippen LogP contribution >= 0.6 is 0 Å². The Balaban J connectivity index is 2.61. The van der Waals surface area contributed by atoms with Crippen LogP contribution in [0, 0.1) is 22.7 Å². The molecule has 0 spiro atoms. The summed E-state index contributed by atoms with van der Waals surface area (Å²) in [6, 6.07) is 2.66. The van der Waals surface area contributed by atoms with E-state index in [-0.39, 0.29) is 5.41 Å². The fourth-order valence-electron chi connectivity index (χ4n) is 2.90. The van der Waals surface area contributed by atoms with Gasteiger partial charge in [0.1, 0.15) is 0 Å². The lowest BCUT2D eigenvalue weighted by Crippen LogP contribution is -2.21. The summed E-state index contributed by atoms with van der Waals surface area (Å²) in [4.78, 5) is 0. The van der Waals surface area contributed by atoms with Crippen molar-refractivity contribution < 1.29 is 0 Å². The van der Waals surface area contributed by atoms with E-state index in [0.29, 0.717) is 0 Å². The van der Waals surface area contributed by atoms with Gasteiger partial charge in [-0.3, -0.25) is 0 Å². The van der Waals surface area contributed by atoms with Crippen LogP contribution in [0.5, 0.6) is 0 Å². The Morgan fingerprint density at radius 2 is 1.60 bits per heavy atom. The van der Waals surface area contributed by atoms with Crippen molar-refractivity contribution >= 4 is 0 Å². The SMILES string of the molecule is CCC(CC)CC1(C#N)CCCCCC1. The molecular formula is C14H25N. The van der Waals surface area contributed by atoms with Gasteiger partial charge in [-0.25, -0.2) is 0 Å². The van der Waals surface area contributed by atoms with Crippen molar-refractivity contribution in [1.82, 2.24) is 0 Å². The third-order valence-electron chi connectivity index (χ3n) is 4.13. The summed E-state index contributed by atoms with van der Waals surface area (Å²) in [5.74, 6) is 0.766. The van der Waals surface area contributed by atoms with Gasteiger partial charge in [0, 0.05) is 0 Å². The molecule has 0 aromatic heterocycles. The van der Waals surface area contributed by atoms with Crippen molar-refractivity contribution in [2.45, 2.75) is 71.6 Å². The lowest BCUT2D eigenvalue weighted by molar-refractivity contribution is 0.247. The topological polar surface area (TPSA) is 23.8 Å². The summed E-state index contributed by atoms with van der Waals surface area (Å²) < 4.78 is 0. The molecule has 0 bridgehead atoms. The summed E-state index contributed by atoms with van der Waals surface area (Å²) in [7, 11) is 0. The molecule has 1 aliphatic carbocycles. The number of hydrogen-bond acceptors (Lipinski definition) is 1. The van der Waals surface area contributed by atoms with E-state index in [9.17, 15) is 5.26 Å². The highest BCUT2D eigenvalue weighted by molar-refractivity contribution is 5.00. The molecule has 0 saturated heterocycles. The molecule has 1 nitrogen and oxygen atoms in total. The average molecular weight is 207 g/mol. The second-order valence-corrected chi connectivity index (χ2v) is 5.19. The van der Waals surface area contributed by atoms with Gasteiger partial charge in [-0.2, -0.15) is 5.26 Å². The molecule has 15 heavy (non-hydrogen) atoms. The van der Waals surface area contributed by atoms with Gasteiger partial charge in [-0.05, 0) is 25.2 Å². The highest BCUT2D eigenvalue weighted by atomic mass is 14.4. The predicted molar refractivity (Wildman–Crippen MR) is 64.4 cm³/mol. The average Bonchev–Trinajstić information content (AvgIpc) is 2.52. The summed E-state index contributed by atoms with van der Waals surface area (Å²) in [5, 5.41) is 9.46. The van der Waals surface area contributed by atoms with E-state index in [1.807, 2.05) is 0 Å². The fourth-order valence-corrected chi connectivity index (χ4v) is 2.90. The van der Waals surface area contributed by atoms with Crippen LogP contribution in [0.15, 0.2) is 0 Å². The first kappa shape index (κ1) is 12.6. The van der Waals surface area contributed by atoms with Crippen molar-refractivity contribution in [1.29, 1.82) is 5.26 Å². The number of rotatable bonds is 4. The maximum Gasteiger partial charge on any atom is 0.0689 e. The Kier molecular flexibility index (Phi) is 5.15. The van der Waals surface area contributed by atoms with Gasteiger partial charge in [0.05, 0.1) is 11.5 Å². The van der Waals surface area contributed by atoms with Crippen molar-refractivity contribution in [3.8, 4) is 6.07 Å². The molecule has 0 heterocycles. The fraction of sp³-hybridized carbons (Fsp3) is 0.929. The van der Waals surface area contributed by atoms with Crippen LogP contribution in [0.3, 0.4) is 0 Å². The third kappa shape index (κ3) is 3.52. The zero-order valence-electron chi connectivity index (χ0n) is 10.4. The monoisotopic (exact) mass is 207 g/mol. The van der Waals surface area contributed by atoms with Crippen molar-refractivity contribution in [2.75, 3.05) is 0 Å². The lowest BCUT2D eigenvalue weighted by Gasteiger charge is -2.28. The summed E-state index contributed by atoms with van der Waals surface area (Å²) in [6.45, 7) is 4.52. The Morgan fingerprint density at radius 3 is 2.00 bits per heavy atom. The van der Waals surface area contributed by atoms with Gasteiger partial charge in [0.15, 0.2) is 0 Å². The van der Waals surface area contributed by atoms with Crippen LogP contribution in [0.1, 0.15) is 71.6 Å². The molecule has 0 amide bonds. The molecule has 1 saturated carbocycles. The van der Waals surface area contributed by atoms with E-state index in [2.05, 4.69) is 19.9 Å². The molecular weight excluding hydrogens is 182 g/mol. The minimum atomic E-state index is 0.0349. The molecule has 0 aromatic rings. The summed E-state index contributed by atoms with van der Waals surface area (Å²) in [6.07, 6.45) is 11.1. The van der Waals surface area contributed by atoms with E-state index in [1.54, 1.807) is 0 Å². The quantitative estimate of drug-likeness (QED) is 0.614. The van der Waals surface area contributed by atoms with Crippen LogP contribution < -0.4 is 0 Å². The van der Waals surface area contributed by atoms with Crippen LogP contribution in [-0.4, -0.2) is 0 Å². The Bertz CT molecular complexity index is 202. The van der Waals surface area contributed by atoms with E-state index >= 15 is 0 Å². The predicted octanol–water partition coefficient (Wildman–Crippen LogP) is 4.68. The first-order valence-electron chi connectivity index (χ1n) is 6.67. The second kappa shape index (κ2) is 6.16. The van der Waals surface area contributed by atoms with E-state index in [4.69, 9.17) is 0 Å². The molecule has 1 heteroatoms. The zero-order valence-corrected chi connectivity index (χ0v) is 10.4. The first-order chi connectivity index (χ1) is 7.26. The second-order valence-electron chi connectivity index (χ2n) is 5.19. The summed E-state index contributed by atoms with van der Waals surface area (Å²) in [5.41, 5.74) is 0.0349.